The summed E-state index contributed by atoms with van der Waals surface area (Å²) in [7, 11) is 0. The van der Waals surface area contributed by atoms with Gasteiger partial charge in [-0.2, -0.15) is 0 Å². The first kappa shape index (κ1) is 8.83. The predicted molar refractivity (Wildman–Crippen MR) is 53.9 cm³/mol. The van der Waals surface area contributed by atoms with Gasteiger partial charge in [0, 0.05) is 23.5 Å². The lowest BCUT2D eigenvalue weighted by atomic mass is 10.1. The molecule has 14 heavy (non-hydrogen) atoms. The minimum atomic E-state index is -0.418. The Labute approximate surface area is 84.4 Å². The maximum atomic E-state index is 11.0. The first-order valence-corrected chi connectivity index (χ1v) is 4.79. The van der Waals surface area contributed by atoms with Gasteiger partial charge >= 0.3 is 0 Å². The van der Waals surface area contributed by atoms with E-state index in [1.165, 1.54) is 17.7 Å². The molecular formula is C9H7N3OS. The lowest BCUT2D eigenvalue weighted by Crippen LogP contribution is -2.09. The number of nitrogens with two attached hydrogens (primary N) is 1. The fraction of sp³-hybridized carbons (Fsp3) is 0. The van der Waals surface area contributed by atoms with Gasteiger partial charge in [0.15, 0.2) is 0 Å². The number of aromatic nitrogens is 2. The second-order valence-corrected chi connectivity index (χ2v) is 3.57. The third-order valence-corrected chi connectivity index (χ3v) is 2.69. The summed E-state index contributed by atoms with van der Waals surface area (Å²) in [5.41, 5.74) is 6.83. The molecule has 0 unspecified atom stereocenters. The topological polar surface area (TPSA) is 68.9 Å². The van der Waals surface area contributed by atoms with E-state index >= 15 is 0 Å². The largest absolute Gasteiger partial charge is 0.365 e. The number of carbonyl (C=O) groups is 1. The third-order valence-electron chi connectivity index (χ3n) is 1.76. The highest BCUT2D eigenvalue weighted by Gasteiger charge is 2.11. The van der Waals surface area contributed by atoms with Crippen LogP contribution in [0.15, 0.2) is 30.2 Å². The van der Waals surface area contributed by atoms with E-state index in [0.29, 0.717) is 4.88 Å². The Hall–Kier alpha value is -1.75. The Morgan fingerprint density at radius 2 is 2.07 bits per heavy atom. The lowest BCUT2D eigenvalue weighted by molar-refractivity contribution is 0.100. The average Bonchev–Trinajstić information content (AvgIpc) is 2.67. The number of rotatable bonds is 2. The number of hydrogen-bond donors (Lipinski definition) is 1. The molecule has 0 atom stereocenters. The third kappa shape index (κ3) is 1.49. The molecule has 0 saturated heterocycles. The van der Waals surface area contributed by atoms with Crippen LogP contribution in [0.1, 0.15) is 9.67 Å². The normalized spacial score (nSPS) is 10.0. The highest BCUT2D eigenvalue weighted by atomic mass is 32.1. The summed E-state index contributed by atoms with van der Waals surface area (Å²) < 4.78 is 0. The smallest absolute Gasteiger partial charge is 0.259 e. The highest BCUT2D eigenvalue weighted by molar-refractivity contribution is 7.12. The molecule has 2 rings (SSSR count). The van der Waals surface area contributed by atoms with Crippen molar-refractivity contribution in [2.45, 2.75) is 0 Å². The zero-order valence-electron chi connectivity index (χ0n) is 7.18. The van der Waals surface area contributed by atoms with Crippen LogP contribution in [0.3, 0.4) is 0 Å². The van der Waals surface area contributed by atoms with Gasteiger partial charge in [-0.3, -0.25) is 4.79 Å². The van der Waals surface area contributed by atoms with Gasteiger partial charge in [0.25, 0.3) is 5.91 Å². The van der Waals surface area contributed by atoms with Crippen LogP contribution in [0.2, 0.25) is 0 Å². The molecule has 0 spiro atoms. The van der Waals surface area contributed by atoms with E-state index in [1.54, 1.807) is 12.4 Å². The van der Waals surface area contributed by atoms with Gasteiger partial charge in [0.05, 0.1) is 4.88 Å². The van der Waals surface area contributed by atoms with Crippen molar-refractivity contribution in [2.75, 3.05) is 0 Å². The number of hydrogen-bond acceptors (Lipinski definition) is 4. The lowest BCUT2D eigenvalue weighted by Gasteiger charge is -1.98. The SMILES string of the molecule is NC(=O)c1sccc1-c1cncnc1. The summed E-state index contributed by atoms with van der Waals surface area (Å²) in [5.74, 6) is -0.418. The van der Waals surface area contributed by atoms with E-state index in [1.807, 2.05) is 11.4 Å². The highest BCUT2D eigenvalue weighted by Crippen LogP contribution is 2.26. The molecule has 2 N–H and O–H groups in total. The second kappa shape index (κ2) is 3.55. The van der Waals surface area contributed by atoms with Crippen LogP contribution in [-0.2, 0) is 0 Å². The summed E-state index contributed by atoms with van der Waals surface area (Å²) in [6.45, 7) is 0. The number of amides is 1. The van der Waals surface area contributed by atoms with E-state index in [-0.39, 0.29) is 0 Å². The molecule has 2 heterocycles. The van der Waals surface area contributed by atoms with Crippen LogP contribution >= 0.6 is 11.3 Å². The van der Waals surface area contributed by atoms with Gasteiger partial charge in [-0.1, -0.05) is 0 Å². The van der Waals surface area contributed by atoms with Crippen molar-refractivity contribution < 1.29 is 4.79 Å². The maximum Gasteiger partial charge on any atom is 0.259 e. The van der Waals surface area contributed by atoms with Crippen molar-refractivity contribution in [2.24, 2.45) is 5.73 Å². The summed E-state index contributed by atoms with van der Waals surface area (Å²) in [5, 5.41) is 1.82. The Morgan fingerprint density at radius 1 is 1.36 bits per heavy atom. The van der Waals surface area contributed by atoms with E-state index in [0.717, 1.165) is 11.1 Å². The quantitative estimate of drug-likeness (QED) is 0.803. The molecule has 70 valence electrons. The van der Waals surface area contributed by atoms with Crippen LogP contribution in [0.25, 0.3) is 11.1 Å². The first-order valence-electron chi connectivity index (χ1n) is 3.91. The molecule has 0 radical (unpaired) electrons. The van der Waals surface area contributed by atoms with Crippen molar-refractivity contribution in [3.05, 3.63) is 35.0 Å². The number of nitrogens with zero attached hydrogens (tertiary/aromatic N) is 2. The van der Waals surface area contributed by atoms with Crippen molar-refractivity contribution in [3.63, 3.8) is 0 Å². The average molecular weight is 205 g/mol. The van der Waals surface area contributed by atoms with Crippen molar-refractivity contribution >= 4 is 17.2 Å². The molecule has 0 aliphatic carbocycles. The monoisotopic (exact) mass is 205 g/mol. The van der Waals surface area contributed by atoms with Gasteiger partial charge in [-0.15, -0.1) is 11.3 Å². The number of carbonyl (C=O) groups excluding carboxylic acids is 1. The van der Waals surface area contributed by atoms with Crippen LogP contribution in [0.4, 0.5) is 0 Å². The van der Waals surface area contributed by atoms with E-state index in [4.69, 9.17) is 5.73 Å². The van der Waals surface area contributed by atoms with Crippen LogP contribution in [-0.4, -0.2) is 15.9 Å². The molecule has 4 nitrogen and oxygen atoms in total. The molecule has 2 aromatic heterocycles. The molecule has 0 saturated carbocycles. The fourth-order valence-corrected chi connectivity index (χ4v) is 1.93. The van der Waals surface area contributed by atoms with Gasteiger partial charge in [0.1, 0.15) is 6.33 Å². The summed E-state index contributed by atoms with van der Waals surface area (Å²) in [6.07, 6.45) is 4.75. The standard InChI is InChI=1S/C9H7N3OS/c10-9(13)8-7(1-2-14-8)6-3-11-5-12-4-6/h1-5H,(H2,10,13). The Bertz CT molecular complexity index is 452. The molecule has 1 amide bonds. The van der Waals surface area contributed by atoms with Gasteiger partial charge in [-0.25, -0.2) is 9.97 Å². The molecule has 0 bridgehead atoms. The summed E-state index contributed by atoms with van der Waals surface area (Å²) >= 11 is 1.32. The van der Waals surface area contributed by atoms with E-state index in [2.05, 4.69) is 9.97 Å². The zero-order chi connectivity index (χ0) is 9.97. The molecule has 5 heteroatoms. The summed E-state index contributed by atoms with van der Waals surface area (Å²) in [6, 6.07) is 1.84. The number of thiophene rings is 1. The van der Waals surface area contributed by atoms with Crippen molar-refractivity contribution in [3.8, 4) is 11.1 Å². The molecule has 0 aliphatic rings. The fourth-order valence-electron chi connectivity index (χ4n) is 1.17. The van der Waals surface area contributed by atoms with Crippen LogP contribution in [0.5, 0.6) is 0 Å². The van der Waals surface area contributed by atoms with E-state index in [9.17, 15) is 4.79 Å². The van der Waals surface area contributed by atoms with Gasteiger partial charge < -0.3 is 5.73 Å². The Balaban J connectivity index is 2.52. The zero-order valence-corrected chi connectivity index (χ0v) is 7.99. The molecule has 0 aromatic carbocycles. The minimum Gasteiger partial charge on any atom is -0.365 e. The molecule has 2 aromatic rings. The molecule has 0 aliphatic heterocycles. The summed E-state index contributed by atoms with van der Waals surface area (Å²) in [4.78, 5) is 19.4. The van der Waals surface area contributed by atoms with Gasteiger partial charge in [0.2, 0.25) is 0 Å². The van der Waals surface area contributed by atoms with Crippen molar-refractivity contribution in [1.82, 2.24) is 9.97 Å². The maximum absolute atomic E-state index is 11.0. The second-order valence-electron chi connectivity index (χ2n) is 2.65. The first-order chi connectivity index (χ1) is 6.79. The number of primary amides is 1. The van der Waals surface area contributed by atoms with Crippen LogP contribution in [0, 0.1) is 0 Å². The van der Waals surface area contributed by atoms with Gasteiger partial charge in [-0.05, 0) is 11.4 Å². The molecule has 0 fully saturated rings. The molecular weight excluding hydrogens is 198 g/mol. The van der Waals surface area contributed by atoms with E-state index < -0.39 is 5.91 Å². The van der Waals surface area contributed by atoms with Crippen molar-refractivity contribution in [1.29, 1.82) is 0 Å². The minimum absolute atomic E-state index is 0.418. The Morgan fingerprint density at radius 3 is 2.71 bits per heavy atom. The Kier molecular flexibility index (Phi) is 2.24. The van der Waals surface area contributed by atoms with Crippen LogP contribution < -0.4 is 5.73 Å². The predicted octanol–water partition coefficient (Wildman–Crippen LogP) is 1.30.